The summed E-state index contributed by atoms with van der Waals surface area (Å²) < 4.78 is 0. The van der Waals surface area contributed by atoms with Crippen molar-refractivity contribution in [1.29, 1.82) is 0 Å². The molecule has 0 bridgehead atoms. The summed E-state index contributed by atoms with van der Waals surface area (Å²) in [5.41, 5.74) is -0.0834. The van der Waals surface area contributed by atoms with E-state index in [1.54, 1.807) is 4.90 Å². The summed E-state index contributed by atoms with van der Waals surface area (Å²) >= 11 is 5.86. The molecule has 0 aromatic heterocycles. The molecule has 1 heterocycles. The fourth-order valence-electron chi connectivity index (χ4n) is 2.34. The first-order valence-electron chi connectivity index (χ1n) is 6.15. The third kappa shape index (κ3) is 2.85. The number of nitrogens with zero attached hydrogens (tertiary/aromatic N) is 1. The predicted molar refractivity (Wildman–Crippen MR) is 71.7 cm³/mol. The van der Waals surface area contributed by atoms with E-state index in [9.17, 15) is 9.90 Å². The van der Waals surface area contributed by atoms with E-state index in [4.69, 9.17) is 11.6 Å². The average molecular weight is 268 g/mol. The van der Waals surface area contributed by atoms with Crippen molar-refractivity contribution >= 4 is 17.5 Å². The van der Waals surface area contributed by atoms with Gasteiger partial charge in [0.25, 0.3) is 5.91 Å². The molecule has 2 rings (SSSR count). The van der Waals surface area contributed by atoms with Gasteiger partial charge in [-0.05, 0) is 38.0 Å². The van der Waals surface area contributed by atoms with Gasteiger partial charge in [0.15, 0.2) is 0 Å². The largest absolute Gasteiger partial charge is 0.381 e. The smallest absolute Gasteiger partial charge is 0.253 e. The van der Waals surface area contributed by atoms with Crippen molar-refractivity contribution in [1.82, 2.24) is 4.90 Å². The van der Waals surface area contributed by atoms with E-state index in [0.717, 1.165) is 11.4 Å². The van der Waals surface area contributed by atoms with Crippen molar-refractivity contribution in [3.8, 4) is 0 Å². The zero-order valence-corrected chi connectivity index (χ0v) is 11.4. The fourth-order valence-corrected chi connectivity index (χ4v) is 2.46. The van der Waals surface area contributed by atoms with Gasteiger partial charge in [0.1, 0.15) is 5.60 Å². The highest BCUT2D eigenvalue weighted by molar-refractivity contribution is 6.30. The first-order chi connectivity index (χ1) is 8.38. The molecular formula is C14H18ClNO2. The number of aliphatic hydroxyl groups is 1. The minimum absolute atomic E-state index is 0.195. The predicted octanol–water partition coefficient (Wildman–Crippen LogP) is 2.43. The molecule has 3 nitrogen and oxygen atoms in total. The molecule has 1 aromatic rings. The number of carbonyl (C=O) groups excluding carboxylic acids is 1. The van der Waals surface area contributed by atoms with Crippen LogP contribution in [0.25, 0.3) is 0 Å². The second kappa shape index (κ2) is 4.90. The summed E-state index contributed by atoms with van der Waals surface area (Å²) in [4.78, 5) is 13.7. The van der Waals surface area contributed by atoms with Gasteiger partial charge in [-0.2, -0.15) is 0 Å². The van der Waals surface area contributed by atoms with Crippen LogP contribution in [-0.2, 0) is 4.79 Å². The summed E-state index contributed by atoms with van der Waals surface area (Å²) in [5.74, 6) is 0.146. The van der Waals surface area contributed by atoms with Crippen LogP contribution >= 0.6 is 11.6 Å². The highest BCUT2D eigenvalue weighted by atomic mass is 35.5. The lowest BCUT2D eigenvalue weighted by molar-refractivity contribution is -0.146. The average Bonchev–Trinajstić information content (AvgIpc) is 2.77. The number of likely N-dealkylation sites (tertiary alicyclic amines) is 1. The van der Waals surface area contributed by atoms with Crippen molar-refractivity contribution in [2.75, 3.05) is 13.1 Å². The Hall–Kier alpha value is -1.06. The van der Waals surface area contributed by atoms with E-state index < -0.39 is 5.60 Å². The summed E-state index contributed by atoms with van der Waals surface area (Å²) in [6.07, 6.45) is 0.934. The van der Waals surface area contributed by atoms with E-state index in [1.807, 2.05) is 24.3 Å². The molecule has 18 heavy (non-hydrogen) atoms. The van der Waals surface area contributed by atoms with Gasteiger partial charge in [-0.15, -0.1) is 0 Å². The monoisotopic (exact) mass is 267 g/mol. The number of hydrogen-bond acceptors (Lipinski definition) is 2. The Morgan fingerprint density at radius 3 is 2.56 bits per heavy atom. The molecule has 1 atom stereocenters. The Kier molecular flexibility index (Phi) is 3.64. The molecule has 1 unspecified atom stereocenters. The maximum absolute atomic E-state index is 12.0. The molecule has 1 aliphatic heterocycles. The Balaban J connectivity index is 2.05. The van der Waals surface area contributed by atoms with Crippen LogP contribution in [-0.4, -0.2) is 34.6 Å². The van der Waals surface area contributed by atoms with E-state index in [1.165, 1.54) is 19.4 Å². The molecule has 0 radical (unpaired) electrons. The molecule has 0 saturated carbocycles. The summed E-state index contributed by atoms with van der Waals surface area (Å²) in [7, 11) is 0. The Morgan fingerprint density at radius 1 is 1.39 bits per heavy atom. The van der Waals surface area contributed by atoms with Crippen molar-refractivity contribution in [3.05, 3.63) is 34.9 Å². The minimum atomic E-state index is -1.28. The third-order valence-electron chi connectivity index (χ3n) is 3.34. The molecule has 1 N–H and O–H groups in total. The van der Waals surface area contributed by atoms with Crippen LogP contribution in [0.15, 0.2) is 24.3 Å². The van der Waals surface area contributed by atoms with Crippen molar-refractivity contribution < 1.29 is 9.90 Å². The molecule has 1 saturated heterocycles. The maximum Gasteiger partial charge on any atom is 0.253 e. The van der Waals surface area contributed by atoms with Crippen molar-refractivity contribution in [2.24, 2.45) is 0 Å². The van der Waals surface area contributed by atoms with Crippen LogP contribution < -0.4 is 0 Å². The van der Waals surface area contributed by atoms with Crippen LogP contribution in [0, 0.1) is 0 Å². The molecule has 1 aliphatic rings. The SMILES string of the molecule is CC(C)(O)C(=O)N1CCC(c2ccc(Cl)cc2)C1. The molecule has 1 aromatic carbocycles. The number of hydrogen-bond donors (Lipinski definition) is 1. The summed E-state index contributed by atoms with van der Waals surface area (Å²) in [5, 5.41) is 10.5. The van der Waals surface area contributed by atoms with Gasteiger partial charge < -0.3 is 10.0 Å². The van der Waals surface area contributed by atoms with E-state index >= 15 is 0 Å². The van der Waals surface area contributed by atoms with Crippen molar-refractivity contribution in [2.45, 2.75) is 31.8 Å². The minimum Gasteiger partial charge on any atom is -0.381 e. The lowest BCUT2D eigenvalue weighted by atomic mass is 9.99. The number of benzene rings is 1. The van der Waals surface area contributed by atoms with Gasteiger partial charge in [0.05, 0.1) is 0 Å². The third-order valence-corrected chi connectivity index (χ3v) is 3.59. The quantitative estimate of drug-likeness (QED) is 0.894. The van der Waals surface area contributed by atoms with Crippen LogP contribution in [0.2, 0.25) is 5.02 Å². The van der Waals surface area contributed by atoms with Crippen LogP contribution in [0.4, 0.5) is 0 Å². The lowest BCUT2D eigenvalue weighted by Gasteiger charge is -2.24. The zero-order valence-electron chi connectivity index (χ0n) is 10.7. The van der Waals surface area contributed by atoms with Gasteiger partial charge in [-0.1, -0.05) is 23.7 Å². The molecular weight excluding hydrogens is 250 g/mol. The molecule has 98 valence electrons. The lowest BCUT2D eigenvalue weighted by Crippen LogP contribution is -2.43. The first-order valence-corrected chi connectivity index (χ1v) is 6.53. The van der Waals surface area contributed by atoms with Gasteiger partial charge in [0, 0.05) is 24.0 Å². The van der Waals surface area contributed by atoms with Gasteiger partial charge in [0.2, 0.25) is 0 Å². The first kappa shape index (κ1) is 13.4. The second-order valence-corrected chi connectivity index (χ2v) is 5.78. The number of amides is 1. The standard InChI is InChI=1S/C14H18ClNO2/c1-14(2,18)13(17)16-8-7-11(9-16)10-3-5-12(15)6-4-10/h3-6,11,18H,7-9H2,1-2H3. The number of rotatable bonds is 2. The fraction of sp³-hybridized carbons (Fsp3) is 0.500. The molecule has 0 aliphatic carbocycles. The highest BCUT2D eigenvalue weighted by Crippen LogP contribution is 2.29. The van der Waals surface area contributed by atoms with Gasteiger partial charge in [-0.25, -0.2) is 0 Å². The molecule has 4 heteroatoms. The topological polar surface area (TPSA) is 40.5 Å². The van der Waals surface area contributed by atoms with E-state index in [-0.39, 0.29) is 5.91 Å². The number of halogens is 1. The second-order valence-electron chi connectivity index (χ2n) is 5.35. The molecule has 1 fully saturated rings. The maximum atomic E-state index is 12.0. The molecule has 1 amide bonds. The zero-order chi connectivity index (χ0) is 13.3. The Labute approximate surface area is 112 Å². The van der Waals surface area contributed by atoms with Gasteiger partial charge in [-0.3, -0.25) is 4.79 Å². The van der Waals surface area contributed by atoms with Gasteiger partial charge >= 0.3 is 0 Å². The number of carbonyl (C=O) groups is 1. The highest BCUT2D eigenvalue weighted by Gasteiger charge is 2.34. The Bertz CT molecular complexity index is 436. The van der Waals surface area contributed by atoms with E-state index in [0.29, 0.717) is 19.0 Å². The Morgan fingerprint density at radius 2 is 2.00 bits per heavy atom. The molecule has 0 spiro atoms. The van der Waals surface area contributed by atoms with Crippen LogP contribution in [0.3, 0.4) is 0 Å². The van der Waals surface area contributed by atoms with Crippen LogP contribution in [0.1, 0.15) is 31.7 Å². The normalized spacial score (nSPS) is 20.2. The van der Waals surface area contributed by atoms with E-state index in [2.05, 4.69) is 0 Å². The summed E-state index contributed by atoms with van der Waals surface area (Å²) in [6.45, 7) is 4.44. The van der Waals surface area contributed by atoms with Crippen molar-refractivity contribution in [3.63, 3.8) is 0 Å². The summed E-state index contributed by atoms with van der Waals surface area (Å²) in [6, 6.07) is 7.75. The van der Waals surface area contributed by atoms with Crippen LogP contribution in [0.5, 0.6) is 0 Å².